The van der Waals surface area contributed by atoms with Gasteiger partial charge in [0, 0.05) is 0 Å². The molecule has 0 aromatic heterocycles. The zero-order valence-electron chi connectivity index (χ0n) is 11.8. The number of rotatable bonds is 7. The molecule has 0 fully saturated rings. The van der Waals surface area contributed by atoms with Crippen LogP contribution in [0.5, 0.6) is 5.75 Å². The van der Waals surface area contributed by atoms with Crippen molar-refractivity contribution in [3.63, 3.8) is 0 Å². The summed E-state index contributed by atoms with van der Waals surface area (Å²) in [6.45, 7) is 3.27. The molecule has 0 saturated carbocycles. The number of hydrogen-bond acceptors (Lipinski definition) is 2. The van der Waals surface area contributed by atoms with Crippen molar-refractivity contribution < 1.29 is 53.4 Å². The van der Waals surface area contributed by atoms with Crippen molar-refractivity contribution in [3.8, 4) is 5.75 Å². The highest BCUT2D eigenvalue weighted by Crippen LogP contribution is 2.48. The normalized spacial score (nSPS) is 15.0. The molecule has 2 nitrogen and oxygen atoms in total. The summed E-state index contributed by atoms with van der Waals surface area (Å²) in [4.78, 5) is 0. The number of alkyl halides is 10. The van der Waals surface area contributed by atoms with Crippen molar-refractivity contribution in [3.05, 3.63) is 36.4 Å². The molecule has 142 valence electrons. The summed E-state index contributed by atoms with van der Waals surface area (Å²) < 4.78 is 132. The number of halogens is 10. The standard InChI is InChI=1S/C13H8F10O2/c1-2-7-4-3-5-8(6-7)24-10(15,16)9(14)25-13(22,23)11(17,18)12(19,20)21/h2-6,9H,1H2. The second kappa shape index (κ2) is 6.73. The SMILES string of the molecule is C=Cc1cccc(OC(F)(F)C(F)OC(F)(F)C(F)(F)C(F)(F)F)c1. The summed E-state index contributed by atoms with van der Waals surface area (Å²) in [6, 6.07) is 4.11. The van der Waals surface area contributed by atoms with Gasteiger partial charge in [-0.1, -0.05) is 24.8 Å². The Labute approximate surface area is 133 Å². The van der Waals surface area contributed by atoms with Gasteiger partial charge in [0.25, 0.3) is 0 Å². The predicted octanol–water partition coefficient (Wildman–Crippen LogP) is 5.40. The lowest BCUT2D eigenvalue weighted by Crippen LogP contribution is -2.56. The van der Waals surface area contributed by atoms with Crippen LogP contribution in [0.3, 0.4) is 0 Å². The van der Waals surface area contributed by atoms with E-state index in [2.05, 4.69) is 16.1 Å². The van der Waals surface area contributed by atoms with E-state index >= 15 is 0 Å². The summed E-state index contributed by atoms with van der Waals surface area (Å²) >= 11 is 0. The van der Waals surface area contributed by atoms with E-state index < -0.39 is 36.4 Å². The molecule has 0 aliphatic rings. The van der Waals surface area contributed by atoms with Gasteiger partial charge in [0.05, 0.1) is 0 Å². The van der Waals surface area contributed by atoms with Gasteiger partial charge in [0.2, 0.25) is 0 Å². The third-order valence-corrected chi connectivity index (χ3v) is 2.58. The molecule has 0 heterocycles. The van der Waals surface area contributed by atoms with E-state index in [0.29, 0.717) is 0 Å². The van der Waals surface area contributed by atoms with Gasteiger partial charge in [-0.15, -0.1) is 0 Å². The molecular formula is C13H8F10O2. The summed E-state index contributed by atoms with van der Waals surface area (Å²) in [5.41, 5.74) is 0.179. The van der Waals surface area contributed by atoms with Crippen molar-refractivity contribution >= 4 is 6.08 Å². The van der Waals surface area contributed by atoms with E-state index in [4.69, 9.17) is 0 Å². The van der Waals surface area contributed by atoms with E-state index in [0.717, 1.165) is 24.3 Å². The van der Waals surface area contributed by atoms with Crippen LogP contribution in [0.4, 0.5) is 43.9 Å². The van der Waals surface area contributed by atoms with E-state index in [1.54, 1.807) is 0 Å². The molecule has 25 heavy (non-hydrogen) atoms. The Bertz CT molecular complexity index is 611. The van der Waals surface area contributed by atoms with Crippen LogP contribution in [-0.2, 0) is 4.74 Å². The average Bonchev–Trinajstić information content (AvgIpc) is 2.45. The molecule has 1 aromatic carbocycles. The molecule has 0 N–H and O–H groups in total. The Kier molecular flexibility index (Phi) is 5.67. The van der Waals surface area contributed by atoms with Crippen molar-refractivity contribution in [2.45, 2.75) is 30.7 Å². The van der Waals surface area contributed by atoms with Crippen LogP contribution in [0.1, 0.15) is 5.56 Å². The van der Waals surface area contributed by atoms with Crippen LogP contribution in [-0.4, -0.2) is 30.7 Å². The van der Waals surface area contributed by atoms with Gasteiger partial charge in [-0.2, -0.15) is 39.5 Å². The maximum absolute atomic E-state index is 13.3. The van der Waals surface area contributed by atoms with Crippen LogP contribution in [0.2, 0.25) is 0 Å². The summed E-state index contributed by atoms with van der Waals surface area (Å²) in [5.74, 6) is -7.72. The lowest BCUT2D eigenvalue weighted by Gasteiger charge is -2.30. The predicted molar refractivity (Wildman–Crippen MR) is 64.0 cm³/mol. The van der Waals surface area contributed by atoms with Crippen molar-refractivity contribution in [2.24, 2.45) is 0 Å². The molecule has 12 heteroatoms. The molecule has 0 bridgehead atoms. The van der Waals surface area contributed by atoms with Gasteiger partial charge in [-0.05, 0) is 17.7 Å². The Hall–Kier alpha value is -1.98. The Morgan fingerprint density at radius 3 is 2.00 bits per heavy atom. The third kappa shape index (κ3) is 4.55. The number of hydrogen-bond donors (Lipinski definition) is 0. The van der Waals surface area contributed by atoms with Crippen LogP contribution < -0.4 is 4.74 Å². The first-order valence-corrected chi connectivity index (χ1v) is 6.07. The molecule has 0 aliphatic heterocycles. The fourth-order valence-corrected chi connectivity index (χ4v) is 1.35. The van der Waals surface area contributed by atoms with Crippen molar-refractivity contribution in [1.29, 1.82) is 0 Å². The minimum absolute atomic E-state index is 0.179. The molecule has 1 rings (SSSR count). The van der Waals surface area contributed by atoms with Crippen LogP contribution >= 0.6 is 0 Å². The van der Waals surface area contributed by atoms with E-state index in [-0.39, 0.29) is 5.56 Å². The number of benzene rings is 1. The fourth-order valence-electron chi connectivity index (χ4n) is 1.35. The summed E-state index contributed by atoms with van der Waals surface area (Å²) in [5, 5.41) is 0. The Morgan fingerprint density at radius 1 is 0.960 bits per heavy atom. The Balaban J connectivity index is 2.96. The minimum Gasteiger partial charge on any atom is -0.429 e. The molecular weight excluding hydrogens is 378 g/mol. The first-order chi connectivity index (χ1) is 11.1. The second-order valence-electron chi connectivity index (χ2n) is 4.46. The zero-order valence-corrected chi connectivity index (χ0v) is 11.8. The van der Waals surface area contributed by atoms with E-state index in [1.165, 1.54) is 6.07 Å². The van der Waals surface area contributed by atoms with Gasteiger partial charge in [0.1, 0.15) is 5.75 Å². The van der Waals surface area contributed by atoms with Gasteiger partial charge in [-0.3, -0.25) is 4.74 Å². The zero-order chi connectivity index (χ0) is 19.7. The summed E-state index contributed by atoms with van der Waals surface area (Å²) in [6.07, 6.45) is -22.3. The van der Waals surface area contributed by atoms with Gasteiger partial charge in [0.15, 0.2) is 0 Å². The van der Waals surface area contributed by atoms with Crippen LogP contribution in [0.25, 0.3) is 6.08 Å². The largest absolute Gasteiger partial charge is 0.462 e. The molecule has 1 aromatic rings. The van der Waals surface area contributed by atoms with Gasteiger partial charge in [-0.25, -0.2) is 4.39 Å². The summed E-state index contributed by atoms with van der Waals surface area (Å²) in [7, 11) is 0. The lowest BCUT2D eigenvalue weighted by atomic mass is 10.2. The minimum atomic E-state index is -6.91. The quantitative estimate of drug-likeness (QED) is 0.584. The Morgan fingerprint density at radius 2 is 1.52 bits per heavy atom. The first-order valence-electron chi connectivity index (χ1n) is 6.07. The van der Waals surface area contributed by atoms with Crippen molar-refractivity contribution in [1.82, 2.24) is 0 Å². The maximum Gasteiger partial charge on any atom is 0.462 e. The molecule has 1 unspecified atom stereocenters. The average molecular weight is 386 g/mol. The molecule has 0 saturated heterocycles. The van der Waals surface area contributed by atoms with Crippen LogP contribution in [0.15, 0.2) is 30.8 Å². The van der Waals surface area contributed by atoms with Crippen LogP contribution in [0, 0.1) is 0 Å². The lowest BCUT2D eigenvalue weighted by molar-refractivity contribution is -0.460. The first kappa shape index (κ1) is 21.1. The monoisotopic (exact) mass is 386 g/mol. The second-order valence-corrected chi connectivity index (χ2v) is 4.46. The molecule has 0 aliphatic carbocycles. The topological polar surface area (TPSA) is 18.5 Å². The highest BCUT2D eigenvalue weighted by atomic mass is 19.4. The van der Waals surface area contributed by atoms with E-state index in [9.17, 15) is 43.9 Å². The molecule has 1 atom stereocenters. The number of ether oxygens (including phenoxy) is 2. The molecule has 0 amide bonds. The van der Waals surface area contributed by atoms with E-state index in [1.807, 2.05) is 0 Å². The molecule has 0 spiro atoms. The maximum atomic E-state index is 13.3. The highest BCUT2D eigenvalue weighted by Gasteiger charge is 2.76. The van der Waals surface area contributed by atoms with Gasteiger partial charge < -0.3 is 4.74 Å². The van der Waals surface area contributed by atoms with Crippen molar-refractivity contribution in [2.75, 3.05) is 0 Å². The molecule has 0 radical (unpaired) electrons. The van der Waals surface area contributed by atoms with Gasteiger partial charge >= 0.3 is 30.7 Å². The third-order valence-electron chi connectivity index (χ3n) is 2.58. The smallest absolute Gasteiger partial charge is 0.429 e. The highest BCUT2D eigenvalue weighted by molar-refractivity contribution is 5.49. The fraction of sp³-hybridized carbons (Fsp3) is 0.385.